The Hall–Kier alpha value is -3.64. The first kappa shape index (κ1) is 20.6. The standard InChI is InChI=1S/C24H15ClFNO4/c25-14-9-10-15(19(13-14)22(29)18-7-3-4-8-20(18)26)21(11-12-28)27-23(30)16-5-1-2-6-17(16)24(27)31/h1-10,12-13,21H,11H2. The number of aldehydes is 1. The Morgan fingerprint density at radius 3 is 2.16 bits per heavy atom. The molecule has 1 heterocycles. The van der Waals surface area contributed by atoms with E-state index in [9.17, 15) is 23.6 Å². The third-order valence-electron chi connectivity index (χ3n) is 5.19. The van der Waals surface area contributed by atoms with Crippen molar-refractivity contribution in [1.82, 2.24) is 4.90 Å². The second-order valence-corrected chi connectivity index (χ2v) is 7.42. The van der Waals surface area contributed by atoms with Crippen LogP contribution in [0.2, 0.25) is 5.02 Å². The summed E-state index contributed by atoms with van der Waals surface area (Å²) in [6.45, 7) is 0. The molecule has 5 nitrogen and oxygen atoms in total. The molecule has 0 aromatic heterocycles. The van der Waals surface area contributed by atoms with Crippen LogP contribution in [-0.4, -0.2) is 28.8 Å². The monoisotopic (exact) mass is 435 g/mol. The minimum atomic E-state index is -1.05. The van der Waals surface area contributed by atoms with Gasteiger partial charge < -0.3 is 4.79 Å². The van der Waals surface area contributed by atoms with Crippen LogP contribution in [0.15, 0.2) is 66.7 Å². The molecule has 0 saturated carbocycles. The van der Waals surface area contributed by atoms with Crippen molar-refractivity contribution >= 4 is 35.5 Å². The topological polar surface area (TPSA) is 71.5 Å². The number of fused-ring (bicyclic) bond motifs is 1. The normalized spacial score (nSPS) is 13.8. The Balaban J connectivity index is 1.85. The van der Waals surface area contributed by atoms with E-state index in [4.69, 9.17) is 11.6 Å². The van der Waals surface area contributed by atoms with Gasteiger partial charge in [-0.15, -0.1) is 0 Å². The third-order valence-corrected chi connectivity index (χ3v) is 5.43. The predicted molar refractivity (Wildman–Crippen MR) is 112 cm³/mol. The highest BCUT2D eigenvalue weighted by Gasteiger charge is 2.41. The van der Waals surface area contributed by atoms with E-state index in [2.05, 4.69) is 0 Å². The summed E-state index contributed by atoms with van der Waals surface area (Å²) in [4.78, 5) is 51.6. The van der Waals surface area contributed by atoms with Crippen molar-refractivity contribution in [3.05, 3.63) is 105 Å². The highest BCUT2D eigenvalue weighted by atomic mass is 35.5. The molecule has 0 fully saturated rings. The zero-order valence-corrected chi connectivity index (χ0v) is 16.8. The quantitative estimate of drug-likeness (QED) is 0.321. The average Bonchev–Trinajstić information content (AvgIpc) is 3.02. The maximum Gasteiger partial charge on any atom is 0.262 e. The summed E-state index contributed by atoms with van der Waals surface area (Å²) in [7, 11) is 0. The van der Waals surface area contributed by atoms with E-state index >= 15 is 0 Å². The SMILES string of the molecule is O=CCC(c1ccc(Cl)cc1C(=O)c1ccccc1F)N1C(=O)c2ccccc2C1=O. The number of amides is 2. The van der Waals surface area contributed by atoms with E-state index in [1.165, 1.54) is 48.5 Å². The Labute approximate surface area is 182 Å². The molecule has 3 aromatic carbocycles. The summed E-state index contributed by atoms with van der Waals surface area (Å²) in [6, 6.07) is 15.1. The van der Waals surface area contributed by atoms with Gasteiger partial charge in [-0.1, -0.05) is 41.9 Å². The van der Waals surface area contributed by atoms with Gasteiger partial charge in [0.25, 0.3) is 11.8 Å². The fraction of sp³-hybridized carbons (Fsp3) is 0.0833. The molecule has 1 aliphatic rings. The number of nitrogens with zero attached hydrogens (tertiary/aromatic N) is 1. The van der Waals surface area contributed by atoms with Gasteiger partial charge in [0.15, 0.2) is 5.78 Å². The maximum atomic E-state index is 14.3. The Kier molecular flexibility index (Phi) is 5.48. The lowest BCUT2D eigenvalue weighted by Gasteiger charge is -2.27. The van der Waals surface area contributed by atoms with E-state index in [0.29, 0.717) is 6.29 Å². The highest BCUT2D eigenvalue weighted by Crippen LogP contribution is 2.36. The van der Waals surface area contributed by atoms with Crippen LogP contribution in [0.1, 0.15) is 54.7 Å². The van der Waals surface area contributed by atoms with Crippen LogP contribution in [0.4, 0.5) is 4.39 Å². The van der Waals surface area contributed by atoms with Crippen LogP contribution < -0.4 is 0 Å². The Morgan fingerprint density at radius 2 is 1.55 bits per heavy atom. The summed E-state index contributed by atoms with van der Waals surface area (Å²) in [5.74, 6) is -2.51. The molecule has 154 valence electrons. The number of hydrogen-bond donors (Lipinski definition) is 0. The summed E-state index contributed by atoms with van der Waals surface area (Å²) >= 11 is 6.10. The average molecular weight is 436 g/mol. The molecular weight excluding hydrogens is 421 g/mol. The molecule has 0 bridgehead atoms. The van der Waals surface area contributed by atoms with E-state index in [0.717, 1.165) is 11.0 Å². The number of hydrogen-bond acceptors (Lipinski definition) is 4. The summed E-state index contributed by atoms with van der Waals surface area (Å²) in [5.41, 5.74) is 0.511. The number of rotatable bonds is 6. The van der Waals surface area contributed by atoms with Gasteiger partial charge in [0.1, 0.15) is 12.1 Å². The summed E-state index contributed by atoms with van der Waals surface area (Å²) in [5, 5.41) is 0.218. The maximum absolute atomic E-state index is 14.3. The molecule has 3 aromatic rings. The van der Waals surface area contributed by atoms with Crippen LogP contribution in [0.5, 0.6) is 0 Å². The van der Waals surface area contributed by atoms with Gasteiger partial charge in [0.2, 0.25) is 0 Å². The predicted octanol–water partition coefficient (Wildman–Crippen LogP) is 4.64. The lowest BCUT2D eigenvalue weighted by atomic mass is 9.91. The van der Waals surface area contributed by atoms with E-state index < -0.39 is 29.5 Å². The van der Waals surface area contributed by atoms with Gasteiger partial charge >= 0.3 is 0 Å². The van der Waals surface area contributed by atoms with Crippen molar-refractivity contribution in [2.45, 2.75) is 12.5 Å². The first-order chi connectivity index (χ1) is 14.9. The van der Waals surface area contributed by atoms with Crippen LogP contribution in [0, 0.1) is 5.82 Å². The largest absolute Gasteiger partial charge is 0.303 e. The number of carbonyl (C=O) groups is 4. The van der Waals surface area contributed by atoms with Gasteiger partial charge in [0, 0.05) is 17.0 Å². The van der Waals surface area contributed by atoms with Gasteiger partial charge in [-0.25, -0.2) is 4.39 Å². The first-order valence-electron chi connectivity index (χ1n) is 9.43. The van der Waals surface area contributed by atoms with Gasteiger partial charge in [-0.2, -0.15) is 0 Å². The van der Waals surface area contributed by atoms with Crippen molar-refractivity contribution in [3.63, 3.8) is 0 Å². The Bertz CT molecular complexity index is 1200. The van der Waals surface area contributed by atoms with Crippen LogP contribution in [0.25, 0.3) is 0 Å². The van der Waals surface area contributed by atoms with Crippen LogP contribution >= 0.6 is 11.6 Å². The van der Waals surface area contributed by atoms with Crippen molar-refractivity contribution in [3.8, 4) is 0 Å². The minimum Gasteiger partial charge on any atom is -0.303 e. The van der Waals surface area contributed by atoms with E-state index in [1.54, 1.807) is 12.1 Å². The molecular formula is C24H15ClFNO4. The van der Waals surface area contributed by atoms with E-state index in [1.807, 2.05) is 0 Å². The molecule has 0 spiro atoms. The highest BCUT2D eigenvalue weighted by molar-refractivity contribution is 6.31. The Morgan fingerprint density at radius 1 is 0.935 bits per heavy atom. The van der Waals surface area contributed by atoms with Crippen molar-refractivity contribution in [2.24, 2.45) is 0 Å². The molecule has 0 N–H and O–H groups in total. The molecule has 1 aliphatic heterocycles. The van der Waals surface area contributed by atoms with Crippen LogP contribution in [-0.2, 0) is 4.79 Å². The second-order valence-electron chi connectivity index (χ2n) is 6.98. The van der Waals surface area contributed by atoms with Gasteiger partial charge in [-0.3, -0.25) is 19.3 Å². The number of benzene rings is 3. The molecule has 31 heavy (non-hydrogen) atoms. The van der Waals surface area contributed by atoms with Gasteiger partial charge in [-0.05, 0) is 42.0 Å². The molecule has 0 radical (unpaired) electrons. The van der Waals surface area contributed by atoms with E-state index in [-0.39, 0.29) is 39.3 Å². The van der Waals surface area contributed by atoms with Crippen molar-refractivity contribution < 1.29 is 23.6 Å². The molecule has 2 amide bonds. The molecule has 4 rings (SSSR count). The molecule has 0 saturated heterocycles. The third kappa shape index (κ3) is 3.55. The van der Waals surface area contributed by atoms with Crippen molar-refractivity contribution in [2.75, 3.05) is 0 Å². The molecule has 1 atom stereocenters. The lowest BCUT2D eigenvalue weighted by molar-refractivity contribution is -0.108. The second kappa shape index (κ2) is 8.24. The fourth-order valence-electron chi connectivity index (χ4n) is 3.76. The number of ketones is 1. The number of carbonyl (C=O) groups excluding carboxylic acids is 4. The minimum absolute atomic E-state index is 0.0148. The fourth-order valence-corrected chi connectivity index (χ4v) is 3.93. The number of halogens is 2. The van der Waals surface area contributed by atoms with Crippen molar-refractivity contribution in [1.29, 1.82) is 0 Å². The summed E-state index contributed by atoms with van der Waals surface area (Å²) in [6.07, 6.45) is 0.338. The lowest BCUT2D eigenvalue weighted by Crippen LogP contribution is -2.35. The number of imide groups is 1. The zero-order chi connectivity index (χ0) is 22.1. The summed E-state index contributed by atoms with van der Waals surface area (Å²) < 4.78 is 14.3. The zero-order valence-electron chi connectivity index (χ0n) is 16.0. The molecule has 7 heteroatoms. The molecule has 1 unspecified atom stereocenters. The first-order valence-corrected chi connectivity index (χ1v) is 9.81. The molecule has 0 aliphatic carbocycles. The van der Waals surface area contributed by atoms with Gasteiger partial charge in [0.05, 0.1) is 22.7 Å². The van der Waals surface area contributed by atoms with Crippen LogP contribution in [0.3, 0.4) is 0 Å². The smallest absolute Gasteiger partial charge is 0.262 e.